The van der Waals surface area contributed by atoms with E-state index in [0.29, 0.717) is 17.6 Å². The topological polar surface area (TPSA) is 17.1 Å². The second kappa shape index (κ2) is 4.64. The van der Waals surface area contributed by atoms with Crippen molar-refractivity contribution in [3.8, 4) is 0 Å². The molecule has 1 aliphatic rings. The Labute approximate surface area is 75.5 Å². The molecule has 0 amide bonds. The summed E-state index contributed by atoms with van der Waals surface area (Å²) in [5.41, 5.74) is 0. The van der Waals surface area contributed by atoms with Crippen molar-refractivity contribution in [2.24, 2.45) is 11.8 Å². The van der Waals surface area contributed by atoms with Crippen molar-refractivity contribution in [3.05, 3.63) is 0 Å². The largest absolute Gasteiger partial charge is 0.299 e. The molecule has 0 heterocycles. The van der Waals surface area contributed by atoms with E-state index in [2.05, 4.69) is 13.8 Å². The van der Waals surface area contributed by atoms with E-state index in [-0.39, 0.29) is 0 Å². The highest BCUT2D eigenvalue weighted by Gasteiger charge is 2.30. The van der Waals surface area contributed by atoms with Crippen molar-refractivity contribution in [2.75, 3.05) is 0 Å². The van der Waals surface area contributed by atoms with Gasteiger partial charge in [-0.05, 0) is 18.8 Å². The number of carbonyl (C=O) groups excluding carboxylic acids is 1. The lowest BCUT2D eigenvalue weighted by molar-refractivity contribution is -0.121. The van der Waals surface area contributed by atoms with Crippen LogP contribution in [-0.4, -0.2) is 5.78 Å². The number of Topliss-reactive ketones (excluding diaryl/α,β-unsaturated/α-hetero) is 1. The molecule has 0 aliphatic heterocycles. The monoisotopic (exact) mass is 168 g/mol. The number of ketones is 1. The molecule has 1 saturated carbocycles. The van der Waals surface area contributed by atoms with Gasteiger partial charge in [-0.1, -0.05) is 33.1 Å². The Hall–Kier alpha value is -0.330. The van der Waals surface area contributed by atoms with Crippen molar-refractivity contribution >= 4 is 5.78 Å². The molecule has 0 aromatic rings. The molecule has 1 fully saturated rings. The number of hydrogen-bond acceptors (Lipinski definition) is 1. The molecule has 0 aromatic carbocycles. The molecule has 2 atom stereocenters. The average molecular weight is 168 g/mol. The minimum atomic E-state index is 0.413. The van der Waals surface area contributed by atoms with Crippen molar-refractivity contribution in [3.63, 3.8) is 0 Å². The van der Waals surface area contributed by atoms with Crippen LogP contribution in [-0.2, 0) is 4.79 Å². The summed E-state index contributed by atoms with van der Waals surface area (Å²) in [4.78, 5) is 11.4. The molecule has 0 unspecified atom stereocenters. The summed E-state index contributed by atoms with van der Waals surface area (Å²) in [5, 5.41) is 0. The fourth-order valence-corrected chi connectivity index (χ4v) is 2.13. The highest BCUT2D eigenvalue weighted by Crippen LogP contribution is 2.31. The van der Waals surface area contributed by atoms with Gasteiger partial charge in [-0.2, -0.15) is 0 Å². The summed E-state index contributed by atoms with van der Waals surface area (Å²) in [6, 6.07) is 0. The minimum absolute atomic E-state index is 0.413. The molecule has 12 heavy (non-hydrogen) atoms. The SMILES string of the molecule is CCCCC[C@H]1C(=O)CC[C@@H]1C. The maximum atomic E-state index is 11.4. The Morgan fingerprint density at radius 3 is 2.67 bits per heavy atom. The zero-order valence-corrected chi connectivity index (χ0v) is 8.31. The molecule has 1 nitrogen and oxygen atoms in total. The van der Waals surface area contributed by atoms with E-state index in [9.17, 15) is 4.79 Å². The summed E-state index contributed by atoms with van der Waals surface area (Å²) in [5.74, 6) is 1.60. The van der Waals surface area contributed by atoms with Crippen molar-refractivity contribution in [1.29, 1.82) is 0 Å². The van der Waals surface area contributed by atoms with Gasteiger partial charge in [0.1, 0.15) is 5.78 Å². The third-order valence-corrected chi connectivity index (χ3v) is 3.07. The molecule has 0 saturated heterocycles. The van der Waals surface area contributed by atoms with Crippen molar-refractivity contribution in [2.45, 2.75) is 52.4 Å². The minimum Gasteiger partial charge on any atom is -0.299 e. The molecular weight excluding hydrogens is 148 g/mol. The Bertz CT molecular complexity index is 151. The van der Waals surface area contributed by atoms with Gasteiger partial charge in [0.15, 0.2) is 0 Å². The van der Waals surface area contributed by atoms with E-state index in [1.54, 1.807) is 0 Å². The molecule has 1 rings (SSSR count). The number of carbonyl (C=O) groups is 1. The lowest BCUT2D eigenvalue weighted by Crippen LogP contribution is -2.12. The van der Waals surface area contributed by atoms with Gasteiger partial charge in [0.2, 0.25) is 0 Å². The summed E-state index contributed by atoms with van der Waals surface area (Å²) >= 11 is 0. The lowest BCUT2D eigenvalue weighted by atomic mass is 9.92. The average Bonchev–Trinajstić information content (AvgIpc) is 2.35. The van der Waals surface area contributed by atoms with Crippen LogP contribution in [0.1, 0.15) is 52.4 Å². The number of rotatable bonds is 4. The number of unbranched alkanes of at least 4 members (excludes halogenated alkanes) is 2. The van der Waals surface area contributed by atoms with E-state index in [0.717, 1.165) is 19.3 Å². The Morgan fingerprint density at radius 2 is 2.17 bits per heavy atom. The van der Waals surface area contributed by atoms with Crippen LogP contribution in [0, 0.1) is 11.8 Å². The third-order valence-electron chi connectivity index (χ3n) is 3.07. The van der Waals surface area contributed by atoms with Crippen LogP contribution >= 0.6 is 0 Å². The molecule has 70 valence electrons. The molecule has 0 radical (unpaired) electrons. The summed E-state index contributed by atoms with van der Waals surface area (Å²) < 4.78 is 0. The lowest BCUT2D eigenvalue weighted by Gasteiger charge is -2.12. The van der Waals surface area contributed by atoms with Crippen LogP contribution in [0.3, 0.4) is 0 Å². The zero-order valence-electron chi connectivity index (χ0n) is 8.31. The van der Waals surface area contributed by atoms with Gasteiger partial charge in [0, 0.05) is 12.3 Å². The smallest absolute Gasteiger partial charge is 0.136 e. The second-order valence-corrected chi connectivity index (χ2v) is 4.08. The van der Waals surface area contributed by atoms with E-state index in [4.69, 9.17) is 0 Å². The molecule has 0 N–H and O–H groups in total. The maximum Gasteiger partial charge on any atom is 0.136 e. The van der Waals surface area contributed by atoms with Crippen molar-refractivity contribution < 1.29 is 4.79 Å². The third kappa shape index (κ3) is 2.33. The fourth-order valence-electron chi connectivity index (χ4n) is 2.13. The van der Waals surface area contributed by atoms with Gasteiger partial charge < -0.3 is 0 Å². The highest BCUT2D eigenvalue weighted by molar-refractivity contribution is 5.83. The zero-order chi connectivity index (χ0) is 8.97. The molecule has 1 aliphatic carbocycles. The molecule has 0 bridgehead atoms. The van der Waals surface area contributed by atoms with Crippen LogP contribution in [0.25, 0.3) is 0 Å². The Balaban J connectivity index is 2.25. The predicted octanol–water partition coefficient (Wildman–Crippen LogP) is 3.18. The quantitative estimate of drug-likeness (QED) is 0.589. The highest BCUT2D eigenvalue weighted by atomic mass is 16.1. The first-order valence-electron chi connectivity index (χ1n) is 5.28. The Morgan fingerprint density at radius 1 is 1.42 bits per heavy atom. The van der Waals surface area contributed by atoms with Crippen molar-refractivity contribution in [1.82, 2.24) is 0 Å². The van der Waals surface area contributed by atoms with Gasteiger partial charge in [-0.25, -0.2) is 0 Å². The normalized spacial score (nSPS) is 29.7. The molecular formula is C11H20O. The molecule has 0 aromatic heterocycles. The predicted molar refractivity (Wildman–Crippen MR) is 51.0 cm³/mol. The van der Waals surface area contributed by atoms with E-state index < -0.39 is 0 Å². The van der Waals surface area contributed by atoms with E-state index in [1.165, 1.54) is 19.3 Å². The second-order valence-electron chi connectivity index (χ2n) is 4.08. The van der Waals surface area contributed by atoms with Crippen LogP contribution < -0.4 is 0 Å². The van der Waals surface area contributed by atoms with Crippen LogP contribution in [0.15, 0.2) is 0 Å². The van der Waals surface area contributed by atoms with Crippen LogP contribution in [0.5, 0.6) is 0 Å². The molecule has 0 spiro atoms. The first-order valence-corrected chi connectivity index (χ1v) is 5.28. The van der Waals surface area contributed by atoms with Gasteiger partial charge in [-0.15, -0.1) is 0 Å². The van der Waals surface area contributed by atoms with Crippen LogP contribution in [0.2, 0.25) is 0 Å². The van der Waals surface area contributed by atoms with Gasteiger partial charge in [-0.3, -0.25) is 4.79 Å². The maximum absolute atomic E-state index is 11.4. The van der Waals surface area contributed by atoms with Gasteiger partial charge in [0.25, 0.3) is 0 Å². The number of hydrogen-bond donors (Lipinski definition) is 0. The Kier molecular flexibility index (Phi) is 3.77. The van der Waals surface area contributed by atoms with Gasteiger partial charge >= 0.3 is 0 Å². The van der Waals surface area contributed by atoms with Gasteiger partial charge in [0.05, 0.1) is 0 Å². The standard InChI is InChI=1S/C11H20O/c1-3-4-5-6-10-9(2)7-8-11(10)12/h9-10H,3-8H2,1-2H3/t9-,10+/m0/s1. The summed E-state index contributed by atoms with van der Waals surface area (Å²) in [6.07, 6.45) is 6.92. The van der Waals surface area contributed by atoms with E-state index >= 15 is 0 Å². The first kappa shape index (κ1) is 9.76. The summed E-state index contributed by atoms with van der Waals surface area (Å²) in [6.45, 7) is 4.43. The first-order chi connectivity index (χ1) is 5.75. The molecule has 1 heteroatoms. The van der Waals surface area contributed by atoms with E-state index in [1.807, 2.05) is 0 Å². The van der Waals surface area contributed by atoms with Crippen LogP contribution in [0.4, 0.5) is 0 Å². The fraction of sp³-hybridized carbons (Fsp3) is 0.909. The summed E-state index contributed by atoms with van der Waals surface area (Å²) in [7, 11) is 0.